The molecule has 2 rings (SSSR count). The predicted octanol–water partition coefficient (Wildman–Crippen LogP) is 2.12. The Balaban J connectivity index is 1.95. The molecule has 0 saturated heterocycles. The fourth-order valence-corrected chi connectivity index (χ4v) is 2.70. The third kappa shape index (κ3) is 2.87. The van der Waals surface area contributed by atoms with Crippen LogP contribution in [0.4, 0.5) is 0 Å². The molecule has 0 radical (unpaired) electrons. The van der Waals surface area contributed by atoms with Crippen LogP contribution in [0, 0.1) is 0 Å². The van der Waals surface area contributed by atoms with Gasteiger partial charge in [-0.1, -0.05) is 0 Å². The number of hydrogen-bond donors (Lipinski definition) is 1. The first kappa shape index (κ1) is 12.1. The average Bonchev–Trinajstić information content (AvgIpc) is 2.94. The van der Waals surface area contributed by atoms with E-state index < -0.39 is 0 Å². The molecule has 0 spiro atoms. The summed E-state index contributed by atoms with van der Waals surface area (Å²) in [5.74, 6) is 0.897. The van der Waals surface area contributed by atoms with Crippen LogP contribution < -0.4 is 10.5 Å². The number of aromatic nitrogens is 2. The SMILES string of the molecule is COc1ccsc1C(N)CCc1cnn(C)c1. The molecule has 2 N–H and O–H groups in total. The monoisotopic (exact) mass is 251 g/mol. The molecular formula is C12H17N3OS. The minimum atomic E-state index is 0.0326. The number of thiophene rings is 1. The van der Waals surface area contributed by atoms with Gasteiger partial charge in [0.1, 0.15) is 5.75 Å². The Hall–Kier alpha value is -1.33. The standard InChI is InChI=1S/C12H17N3OS/c1-15-8-9(7-14-15)3-4-10(13)12-11(16-2)5-6-17-12/h5-8,10H,3-4,13H2,1-2H3. The maximum absolute atomic E-state index is 6.17. The van der Waals surface area contributed by atoms with Crippen molar-refractivity contribution in [2.45, 2.75) is 18.9 Å². The normalized spacial score (nSPS) is 12.6. The van der Waals surface area contributed by atoms with Crippen molar-refractivity contribution in [3.63, 3.8) is 0 Å². The van der Waals surface area contributed by atoms with E-state index in [0.29, 0.717) is 0 Å². The highest BCUT2D eigenvalue weighted by Gasteiger charge is 2.13. The first-order valence-corrected chi connectivity index (χ1v) is 6.43. The van der Waals surface area contributed by atoms with Crippen molar-refractivity contribution in [2.24, 2.45) is 12.8 Å². The number of aryl methyl sites for hydroxylation is 2. The Labute approximate surface area is 105 Å². The van der Waals surface area contributed by atoms with Crippen LogP contribution in [-0.4, -0.2) is 16.9 Å². The largest absolute Gasteiger partial charge is 0.496 e. The highest BCUT2D eigenvalue weighted by molar-refractivity contribution is 7.10. The first-order chi connectivity index (χ1) is 8.20. The predicted molar refractivity (Wildman–Crippen MR) is 69.3 cm³/mol. The van der Waals surface area contributed by atoms with Crippen molar-refractivity contribution in [3.8, 4) is 5.75 Å². The van der Waals surface area contributed by atoms with Gasteiger partial charge >= 0.3 is 0 Å². The molecule has 4 nitrogen and oxygen atoms in total. The second kappa shape index (κ2) is 5.33. The molecule has 0 aromatic carbocycles. The summed E-state index contributed by atoms with van der Waals surface area (Å²) in [6, 6.07) is 1.99. The van der Waals surface area contributed by atoms with Crippen molar-refractivity contribution >= 4 is 11.3 Å². The van der Waals surface area contributed by atoms with Crippen molar-refractivity contribution in [1.29, 1.82) is 0 Å². The molecule has 1 unspecified atom stereocenters. The third-order valence-electron chi connectivity index (χ3n) is 2.72. The van der Waals surface area contributed by atoms with Gasteiger partial charge in [-0.05, 0) is 29.9 Å². The molecule has 0 aliphatic heterocycles. The van der Waals surface area contributed by atoms with Crippen LogP contribution in [0.3, 0.4) is 0 Å². The molecule has 1 atom stereocenters. The zero-order chi connectivity index (χ0) is 12.3. The fraction of sp³-hybridized carbons (Fsp3) is 0.417. The van der Waals surface area contributed by atoms with E-state index in [1.807, 2.05) is 35.6 Å². The van der Waals surface area contributed by atoms with E-state index in [1.54, 1.807) is 18.4 Å². The summed E-state index contributed by atoms with van der Waals surface area (Å²) in [4.78, 5) is 1.12. The summed E-state index contributed by atoms with van der Waals surface area (Å²) >= 11 is 1.65. The van der Waals surface area contributed by atoms with E-state index in [1.165, 1.54) is 5.56 Å². The van der Waals surface area contributed by atoms with Crippen LogP contribution in [0.5, 0.6) is 5.75 Å². The summed E-state index contributed by atoms with van der Waals surface area (Å²) in [6.07, 6.45) is 5.76. The number of ether oxygens (including phenoxy) is 1. The first-order valence-electron chi connectivity index (χ1n) is 5.55. The van der Waals surface area contributed by atoms with Gasteiger partial charge in [-0.3, -0.25) is 4.68 Å². The average molecular weight is 251 g/mol. The molecule has 2 heterocycles. The van der Waals surface area contributed by atoms with Gasteiger partial charge in [0.2, 0.25) is 0 Å². The smallest absolute Gasteiger partial charge is 0.134 e. The van der Waals surface area contributed by atoms with Crippen molar-refractivity contribution in [1.82, 2.24) is 9.78 Å². The topological polar surface area (TPSA) is 53.1 Å². The Morgan fingerprint density at radius 1 is 1.59 bits per heavy atom. The second-order valence-electron chi connectivity index (χ2n) is 4.02. The van der Waals surface area contributed by atoms with Gasteiger partial charge in [0.25, 0.3) is 0 Å². The fourth-order valence-electron chi connectivity index (χ4n) is 1.80. The Morgan fingerprint density at radius 2 is 2.41 bits per heavy atom. The molecule has 0 aliphatic carbocycles. The van der Waals surface area contributed by atoms with Crippen LogP contribution >= 0.6 is 11.3 Å². The molecular weight excluding hydrogens is 234 g/mol. The molecule has 92 valence electrons. The summed E-state index contributed by atoms with van der Waals surface area (Å²) in [5, 5.41) is 6.16. The molecule has 0 fully saturated rings. The van der Waals surface area contributed by atoms with Crippen molar-refractivity contribution in [2.75, 3.05) is 7.11 Å². The van der Waals surface area contributed by atoms with Gasteiger partial charge in [-0.2, -0.15) is 5.10 Å². The highest BCUT2D eigenvalue weighted by atomic mass is 32.1. The number of nitrogens with zero attached hydrogens (tertiary/aromatic N) is 2. The van der Waals surface area contributed by atoms with E-state index in [4.69, 9.17) is 10.5 Å². The number of methoxy groups -OCH3 is 1. The van der Waals surface area contributed by atoms with E-state index in [0.717, 1.165) is 23.5 Å². The van der Waals surface area contributed by atoms with Crippen LogP contribution in [0.25, 0.3) is 0 Å². The summed E-state index contributed by atoms with van der Waals surface area (Å²) in [6.45, 7) is 0. The van der Waals surface area contributed by atoms with Crippen molar-refractivity contribution in [3.05, 3.63) is 34.3 Å². The maximum atomic E-state index is 6.17. The Morgan fingerprint density at radius 3 is 3.06 bits per heavy atom. The van der Waals surface area contributed by atoms with E-state index in [2.05, 4.69) is 5.10 Å². The van der Waals surface area contributed by atoms with Crippen LogP contribution in [0.15, 0.2) is 23.8 Å². The van der Waals surface area contributed by atoms with Crippen LogP contribution in [0.1, 0.15) is 22.9 Å². The minimum Gasteiger partial charge on any atom is -0.496 e. The lowest BCUT2D eigenvalue weighted by Gasteiger charge is -2.10. The number of nitrogens with two attached hydrogens (primary N) is 1. The van der Waals surface area contributed by atoms with Crippen molar-refractivity contribution < 1.29 is 4.74 Å². The molecule has 2 aromatic rings. The molecule has 0 saturated carbocycles. The van der Waals surface area contributed by atoms with Crippen LogP contribution in [0.2, 0.25) is 0 Å². The highest BCUT2D eigenvalue weighted by Crippen LogP contribution is 2.31. The lowest BCUT2D eigenvalue weighted by atomic mass is 10.1. The van der Waals surface area contributed by atoms with Gasteiger partial charge in [-0.25, -0.2) is 0 Å². The summed E-state index contributed by atoms with van der Waals surface area (Å²) < 4.78 is 7.09. The quantitative estimate of drug-likeness (QED) is 0.885. The van der Waals surface area contributed by atoms with Crippen LogP contribution in [-0.2, 0) is 13.5 Å². The van der Waals surface area contributed by atoms with E-state index in [9.17, 15) is 0 Å². The molecule has 0 bridgehead atoms. The second-order valence-corrected chi connectivity index (χ2v) is 4.97. The Kier molecular flexibility index (Phi) is 3.81. The molecule has 0 aliphatic rings. The third-order valence-corrected chi connectivity index (χ3v) is 3.75. The van der Waals surface area contributed by atoms with E-state index in [-0.39, 0.29) is 6.04 Å². The molecule has 2 aromatic heterocycles. The molecule has 5 heteroatoms. The van der Waals surface area contributed by atoms with Gasteiger partial charge in [-0.15, -0.1) is 11.3 Å². The number of rotatable bonds is 5. The van der Waals surface area contributed by atoms with Gasteiger partial charge in [0, 0.05) is 19.3 Å². The Bertz CT molecular complexity index is 478. The van der Waals surface area contributed by atoms with Gasteiger partial charge in [0.15, 0.2) is 0 Å². The zero-order valence-corrected chi connectivity index (χ0v) is 10.9. The minimum absolute atomic E-state index is 0.0326. The molecule has 0 amide bonds. The lowest BCUT2D eigenvalue weighted by molar-refractivity contribution is 0.407. The van der Waals surface area contributed by atoms with Gasteiger partial charge < -0.3 is 10.5 Å². The van der Waals surface area contributed by atoms with Gasteiger partial charge in [0.05, 0.1) is 18.2 Å². The lowest BCUT2D eigenvalue weighted by Crippen LogP contribution is -2.10. The number of hydrogen-bond acceptors (Lipinski definition) is 4. The van der Waals surface area contributed by atoms with E-state index >= 15 is 0 Å². The maximum Gasteiger partial charge on any atom is 0.134 e. The zero-order valence-electron chi connectivity index (χ0n) is 10.1. The summed E-state index contributed by atoms with van der Waals surface area (Å²) in [7, 11) is 3.60. The summed E-state index contributed by atoms with van der Waals surface area (Å²) in [5.41, 5.74) is 7.39. The molecule has 17 heavy (non-hydrogen) atoms.